The van der Waals surface area contributed by atoms with E-state index in [1.165, 1.54) is 0 Å². The third kappa shape index (κ3) is 4.83. The highest BCUT2D eigenvalue weighted by molar-refractivity contribution is 5.87. The summed E-state index contributed by atoms with van der Waals surface area (Å²) in [4.78, 5) is 10.8. The lowest BCUT2D eigenvalue weighted by molar-refractivity contribution is -0.0336. The zero-order chi connectivity index (χ0) is 15.2. The van der Waals surface area contributed by atoms with E-state index < -0.39 is 5.97 Å². The van der Waals surface area contributed by atoms with Crippen molar-refractivity contribution in [3.8, 4) is 0 Å². The topological polar surface area (TPSA) is 58.6 Å². The van der Waals surface area contributed by atoms with Crippen LogP contribution in [0.25, 0.3) is 0 Å². The lowest BCUT2D eigenvalue weighted by Gasteiger charge is -2.32. The Morgan fingerprint density at radius 3 is 2.71 bits per heavy atom. The van der Waals surface area contributed by atoms with Crippen LogP contribution in [0.5, 0.6) is 0 Å². The number of hydrogen-bond acceptors (Lipinski definition) is 3. The molecule has 0 bridgehead atoms. The average molecular weight is 291 g/mol. The first-order valence-corrected chi connectivity index (χ1v) is 7.71. The summed E-state index contributed by atoms with van der Waals surface area (Å²) in [6.45, 7) is 7.06. The SMILES string of the molecule is CC(C)[C@H]1C[C@H](CNCc2ccc(C(=O)O)cc2)CCO1. The van der Waals surface area contributed by atoms with Crippen molar-refractivity contribution in [2.24, 2.45) is 11.8 Å². The van der Waals surface area contributed by atoms with Crippen molar-refractivity contribution in [2.75, 3.05) is 13.2 Å². The molecular weight excluding hydrogens is 266 g/mol. The molecule has 1 fully saturated rings. The summed E-state index contributed by atoms with van der Waals surface area (Å²) in [5.74, 6) is 0.372. The molecule has 0 aliphatic carbocycles. The summed E-state index contributed by atoms with van der Waals surface area (Å²) in [5.41, 5.74) is 1.45. The predicted molar refractivity (Wildman–Crippen MR) is 82.4 cm³/mol. The van der Waals surface area contributed by atoms with E-state index in [1.807, 2.05) is 12.1 Å². The molecule has 0 saturated carbocycles. The van der Waals surface area contributed by atoms with Crippen LogP contribution in [0.3, 0.4) is 0 Å². The van der Waals surface area contributed by atoms with Gasteiger partial charge in [0.15, 0.2) is 0 Å². The van der Waals surface area contributed by atoms with Gasteiger partial charge in [0.05, 0.1) is 11.7 Å². The van der Waals surface area contributed by atoms with Crippen molar-refractivity contribution in [3.63, 3.8) is 0 Å². The average Bonchev–Trinajstić information content (AvgIpc) is 2.48. The van der Waals surface area contributed by atoms with E-state index in [2.05, 4.69) is 19.2 Å². The van der Waals surface area contributed by atoms with Crippen LogP contribution in [0.4, 0.5) is 0 Å². The lowest BCUT2D eigenvalue weighted by Crippen LogP contribution is -2.34. The van der Waals surface area contributed by atoms with Crippen LogP contribution in [0.15, 0.2) is 24.3 Å². The fourth-order valence-electron chi connectivity index (χ4n) is 2.74. The van der Waals surface area contributed by atoms with Crippen molar-refractivity contribution in [1.29, 1.82) is 0 Å². The predicted octanol–water partition coefficient (Wildman–Crippen LogP) is 2.93. The molecule has 1 heterocycles. The summed E-state index contributed by atoms with van der Waals surface area (Å²) in [6, 6.07) is 7.06. The minimum Gasteiger partial charge on any atom is -0.478 e. The Bertz CT molecular complexity index is 456. The quantitative estimate of drug-likeness (QED) is 0.846. The zero-order valence-corrected chi connectivity index (χ0v) is 12.8. The number of rotatable bonds is 6. The summed E-state index contributed by atoms with van der Waals surface area (Å²) < 4.78 is 5.79. The number of carboxylic acid groups (broad SMARTS) is 1. The molecule has 21 heavy (non-hydrogen) atoms. The van der Waals surface area contributed by atoms with Gasteiger partial charge in [-0.3, -0.25) is 0 Å². The van der Waals surface area contributed by atoms with E-state index in [0.717, 1.165) is 38.1 Å². The largest absolute Gasteiger partial charge is 0.478 e. The van der Waals surface area contributed by atoms with Gasteiger partial charge in [0, 0.05) is 13.2 Å². The third-order valence-electron chi connectivity index (χ3n) is 4.13. The molecule has 2 rings (SSSR count). The van der Waals surface area contributed by atoms with Crippen LogP contribution >= 0.6 is 0 Å². The fourth-order valence-corrected chi connectivity index (χ4v) is 2.74. The number of carboxylic acids is 1. The molecule has 1 aliphatic rings. The minimum absolute atomic E-state index is 0.336. The molecule has 1 aliphatic heterocycles. The van der Waals surface area contributed by atoms with Crippen LogP contribution < -0.4 is 5.32 Å². The second-order valence-corrected chi connectivity index (χ2v) is 6.18. The standard InChI is InChI=1S/C17H25NO3/c1-12(2)16-9-14(7-8-21-16)11-18-10-13-3-5-15(6-4-13)17(19)20/h3-6,12,14,16,18H,7-11H2,1-2H3,(H,19,20)/t14-,16-/m1/s1. The Morgan fingerprint density at radius 1 is 1.38 bits per heavy atom. The van der Waals surface area contributed by atoms with Gasteiger partial charge in [-0.05, 0) is 48.9 Å². The molecule has 0 amide bonds. The van der Waals surface area contributed by atoms with E-state index >= 15 is 0 Å². The van der Waals surface area contributed by atoms with Gasteiger partial charge in [-0.1, -0.05) is 26.0 Å². The van der Waals surface area contributed by atoms with Gasteiger partial charge in [-0.15, -0.1) is 0 Å². The Balaban J connectivity index is 1.75. The third-order valence-corrected chi connectivity index (χ3v) is 4.13. The number of ether oxygens (including phenoxy) is 1. The molecule has 1 aromatic rings. The first kappa shape index (κ1) is 16.0. The molecule has 0 spiro atoms. The summed E-state index contributed by atoms with van der Waals surface area (Å²) in [6.07, 6.45) is 2.64. The van der Waals surface area contributed by atoms with Gasteiger partial charge < -0.3 is 15.2 Å². The summed E-state index contributed by atoms with van der Waals surface area (Å²) >= 11 is 0. The number of hydrogen-bond donors (Lipinski definition) is 2. The van der Waals surface area contributed by atoms with Gasteiger partial charge in [0.25, 0.3) is 0 Å². The van der Waals surface area contributed by atoms with Crippen molar-refractivity contribution < 1.29 is 14.6 Å². The van der Waals surface area contributed by atoms with E-state index in [-0.39, 0.29) is 0 Å². The van der Waals surface area contributed by atoms with Crippen LogP contribution in [0.2, 0.25) is 0 Å². The summed E-state index contributed by atoms with van der Waals surface area (Å²) in [5, 5.41) is 12.3. The van der Waals surface area contributed by atoms with Crippen LogP contribution in [-0.2, 0) is 11.3 Å². The molecule has 2 atom stereocenters. The summed E-state index contributed by atoms with van der Waals surface area (Å²) in [7, 11) is 0. The maximum atomic E-state index is 10.8. The van der Waals surface area contributed by atoms with Gasteiger partial charge in [0.1, 0.15) is 0 Å². The van der Waals surface area contributed by atoms with E-state index in [1.54, 1.807) is 12.1 Å². The highest BCUT2D eigenvalue weighted by Crippen LogP contribution is 2.24. The number of benzene rings is 1. The molecule has 4 nitrogen and oxygen atoms in total. The Hall–Kier alpha value is -1.39. The molecule has 1 saturated heterocycles. The number of nitrogens with one attached hydrogen (secondary N) is 1. The van der Waals surface area contributed by atoms with Gasteiger partial charge >= 0.3 is 5.97 Å². The van der Waals surface area contributed by atoms with Gasteiger partial charge in [-0.25, -0.2) is 4.79 Å². The highest BCUT2D eigenvalue weighted by Gasteiger charge is 2.24. The lowest BCUT2D eigenvalue weighted by atomic mass is 9.90. The van der Waals surface area contributed by atoms with Crippen LogP contribution in [0.1, 0.15) is 42.6 Å². The minimum atomic E-state index is -0.878. The monoisotopic (exact) mass is 291 g/mol. The van der Waals surface area contributed by atoms with Crippen molar-refractivity contribution in [1.82, 2.24) is 5.32 Å². The smallest absolute Gasteiger partial charge is 0.335 e. The molecule has 0 aromatic heterocycles. The van der Waals surface area contributed by atoms with E-state index in [4.69, 9.17) is 9.84 Å². The van der Waals surface area contributed by atoms with Crippen molar-refractivity contribution in [3.05, 3.63) is 35.4 Å². The highest BCUT2D eigenvalue weighted by atomic mass is 16.5. The number of aromatic carboxylic acids is 1. The first-order valence-electron chi connectivity index (χ1n) is 7.71. The molecule has 4 heteroatoms. The molecule has 116 valence electrons. The maximum absolute atomic E-state index is 10.8. The number of carbonyl (C=O) groups is 1. The zero-order valence-electron chi connectivity index (χ0n) is 12.8. The van der Waals surface area contributed by atoms with Gasteiger partial charge in [0.2, 0.25) is 0 Å². The maximum Gasteiger partial charge on any atom is 0.335 e. The first-order chi connectivity index (χ1) is 10.1. The van der Waals surface area contributed by atoms with Crippen molar-refractivity contribution >= 4 is 5.97 Å². The van der Waals surface area contributed by atoms with E-state index in [9.17, 15) is 4.79 Å². The molecule has 2 N–H and O–H groups in total. The Labute approximate surface area is 126 Å². The normalized spacial score (nSPS) is 22.4. The Kier molecular flexibility index (Phi) is 5.76. The molecule has 0 radical (unpaired) electrons. The van der Waals surface area contributed by atoms with Crippen LogP contribution in [0, 0.1) is 11.8 Å². The van der Waals surface area contributed by atoms with Crippen molar-refractivity contribution in [2.45, 2.75) is 39.3 Å². The fraction of sp³-hybridized carbons (Fsp3) is 0.588. The molecular formula is C17H25NO3. The molecule has 1 aromatic carbocycles. The second kappa shape index (κ2) is 7.57. The van der Waals surface area contributed by atoms with E-state index in [0.29, 0.717) is 23.5 Å². The second-order valence-electron chi connectivity index (χ2n) is 6.18. The molecule has 0 unspecified atom stereocenters. The Morgan fingerprint density at radius 2 is 2.10 bits per heavy atom. The van der Waals surface area contributed by atoms with Gasteiger partial charge in [-0.2, -0.15) is 0 Å². The van der Waals surface area contributed by atoms with Crippen LogP contribution in [-0.4, -0.2) is 30.3 Å².